The largest absolute Gasteiger partial charge is 0.481 e. The normalized spacial score (nSPS) is 22.8. The third-order valence-electron chi connectivity index (χ3n) is 6.35. The summed E-state index contributed by atoms with van der Waals surface area (Å²) in [6, 6.07) is 4.57. The van der Waals surface area contributed by atoms with E-state index in [0.717, 1.165) is 43.3 Å². The van der Waals surface area contributed by atoms with Crippen LogP contribution in [0.5, 0.6) is 0 Å². The molecule has 0 saturated carbocycles. The highest BCUT2D eigenvalue weighted by molar-refractivity contribution is 5.98. The monoisotopic (exact) mass is 425 g/mol. The van der Waals surface area contributed by atoms with Gasteiger partial charge in [0.05, 0.1) is 11.8 Å². The molecule has 2 aliphatic rings. The molecule has 0 spiro atoms. The average molecular weight is 425 g/mol. The van der Waals surface area contributed by atoms with Crippen molar-refractivity contribution in [3.8, 4) is 0 Å². The van der Waals surface area contributed by atoms with Crippen molar-refractivity contribution in [2.75, 3.05) is 18.4 Å². The van der Waals surface area contributed by atoms with Crippen molar-refractivity contribution in [2.45, 2.75) is 38.1 Å². The van der Waals surface area contributed by atoms with E-state index in [1.807, 2.05) is 11.0 Å². The quantitative estimate of drug-likeness (QED) is 0.526. The zero-order valence-electron chi connectivity index (χ0n) is 17.2. The first-order valence-electron chi connectivity index (χ1n) is 10.7. The Morgan fingerprint density at radius 3 is 2.42 bits per heavy atom. The van der Waals surface area contributed by atoms with E-state index in [2.05, 4.69) is 10.3 Å². The number of carboxylic acids is 2. The van der Waals surface area contributed by atoms with Crippen LogP contribution in [0.1, 0.15) is 43.7 Å². The van der Waals surface area contributed by atoms with E-state index in [1.165, 1.54) is 0 Å². The van der Waals surface area contributed by atoms with Gasteiger partial charge in [0.2, 0.25) is 5.91 Å². The topological polar surface area (TPSA) is 123 Å². The fraction of sp³-hybridized carbons (Fsp3) is 0.435. The SMILES string of the molecule is O=C(O)[C@H]1CC=CC[C@H]1C(=O)Nc1ccc2[nH]cc([C@H](C(=O)O)N3CCCCC3)c2c1. The van der Waals surface area contributed by atoms with E-state index in [4.69, 9.17) is 0 Å². The molecule has 0 bridgehead atoms. The molecule has 164 valence electrons. The summed E-state index contributed by atoms with van der Waals surface area (Å²) >= 11 is 0. The van der Waals surface area contributed by atoms with E-state index < -0.39 is 29.8 Å². The van der Waals surface area contributed by atoms with Gasteiger partial charge in [0.15, 0.2) is 0 Å². The molecule has 2 aromatic rings. The Morgan fingerprint density at radius 1 is 1.03 bits per heavy atom. The highest BCUT2D eigenvalue weighted by Gasteiger charge is 2.34. The van der Waals surface area contributed by atoms with Crippen LogP contribution in [0.2, 0.25) is 0 Å². The molecule has 1 aliphatic carbocycles. The lowest BCUT2D eigenvalue weighted by atomic mass is 9.82. The number of piperidine rings is 1. The minimum absolute atomic E-state index is 0.334. The fourth-order valence-electron chi connectivity index (χ4n) is 4.72. The van der Waals surface area contributed by atoms with E-state index in [0.29, 0.717) is 24.1 Å². The number of H-pyrrole nitrogens is 1. The first kappa shape index (κ1) is 21.1. The summed E-state index contributed by atoms with van der Waals surface area (Å²) in [6.45, 7) is 1.48. The van der Waals surface area contributed by atoms with Crippen molar-refractivity contribution < 1.29 is 24.6 Å². The molecular formula is C23H27N3O5. The van der Waals surface area contributed by atoms with E-state index >= 15 is 0 Å². The number of carbonyl (C=O) groups excluding carboxylic acids is 1. The number of carbonyl (C=O) groups is 3. The lowest BCUT2D eigenvalue weighted by Gasteiger charge is -2.31. The lowest BCUT2D eigenvalue weighted by molar-refractivity contribution is -0.146. The molecule has 1 aliphatic heterocycles. The second-order valence-corrected chi connectivity index (χ2v) is 8.33. The molecule has 8 nitrogen and oxygen atoms in total. The average Bonchev–Trinajstić information content (AvgIpc) is 3.17. The van der Waals surface area contributed by atoms with Crippen LogP contribution in [0, 0.1) is 11.8 Å². The third kappa shape index (κ3) is 4.34. The number of rotatable bonds is 6. The number of aromatic amines is 1. The number of amides is 1. The van der Waals surface area contributed by atoms with Gasteiger partial charge in [-0.15, -0.1) is 0 Å². The molecule has 4 N–H and O–H groups in total. The number of allylic oxidation sites excluding steroid dienone is 2. The molecule has 31 heavy (non-hydrogen) atoms. The van der Waals surface area contributed by atoms with Crippen LogP contribution >= 0.6 is 0 Å². The Bertz CT molecular complexity index is 1020. The molecule has 1 aromatic carbocycles. The van der Waals surface area contributed by atoms with Crippen molar-refractivity contribution in [3.63, 3.8) is 0 Å². The zero-order valence-corrected chi connectivity index (χ0v) is 17.2. The number of carboxylic acid groups (broad SMARTS) is 2. The van der Waals surface area contributed by atoms with E-state index in [1.54, 1.807) is 30.5 Å². The standard InChI is InChI=1S/C23H27N3O5/c27-21(15-6-2-3-7-16(15)22(28)29)25-14-8-9-19-17(12-14)18(13-24-19)20(23(30)31)26-10-4-1-5-11-26/h2-3,8-9,12-13,15-16,20,24H,1,4-7,10-11H2,(H,25,27)(H,28,29)(H,30,31)/t15-,16+,20-/m1/s1. The van der Waals surface area contributed by atoms with E-state index in [9.17, 15) is 24.6 Å². The van der Waals surface area contributed by atoms with Crippen LogP contribution in [0.4, 0.5) is 5.69 Å². The van der Waals surface area contributed by atoms with Gasteiger partial charge in [-0.3, -0.25) is 19.3 Å². The van der Waals surface area contributed by atoms with Crippen LogP contribution in [-0.2, 0) is 14.4 Å². The van der Waals surface area contributed by atoms with Gasteiger partial charge in [-0.1, -0.05) is 18.6 Å². The fourth-order valence-corrected chi connectivity index (χ4v) is 4.72. The molecule has 1 saturated heterocycles. The van der Waals surface area contributed by atoms with Gasteiger partial charge in [0, 0.05) is 28.4 Å². The Hall–Kier alpha value is -3.13. The molecular weight excluding hydrogens is 398 g/mol. The summed E-state index contributed by atoms with van der Waals surface area (Å²) < 4.78 is 0. The smallest absolute Gasteiger partial charge is 0.325 e. The predicted molar refractivity (Wildman–Crippen MR) is 116 cm³/mol. The predicted octanol–water partition coefficient (Wildman–Crippen LogP) is 3.39. The molecule has 1 fully saturated rings. The minimum atomic E-state index is -0.973. The number of nitrogens with zero attached hydrogens (tertiary/aromatic N) is 1. The lowest BCUT2D eigenvalue weighted by Crippen LogP contribution is -2.37. The van der Waals surface area contributed by atoms with Gasteiger partial charge in [0.25, 0.3) is 0 Å². The second kappa shape index (κ2) is 8.93. The van der Waals surface area contributed by atoms with Gasteiger partial charge in [-0.2, -0.15) is 0 Å². The van der Waals surface area contributed by atoms with Crippen molar-refractivity contribution in [2.24, 2.45) is 11.8 Å². The van der Waals surface area contributed by atoms with Crippen molar-refractivity contribution in [1.82, 2.24) is 9.88 Å². The number of hydrogen-bond donors (Lipinski definition) is 4. The Labute approximate surface area is 179 Å². The molecule has 0 unspecified atom stereocenters. The van der Waals surface area contributed by atoms with E-state index in [-0.39, 0.29) is 5.91 Å². The molecule has 4 rings (SSSR count). The van der Waals surface area contributed by atoms with Crippen LogP contribution in [0.15, 0.2) is 36.5 Å². The maximum atomic E-state index is 12.8. The number of aromatic nitrogens is 1. The summed E-state index contributed by atoms with van der Waals surface area (Å²) in [5, 5.41) is 23.0. The highest BCUT2D eigenvalue weighted by Crippen LogP contribution is 2.33. The van der Waals surface area contributed by atoms with Crippen LogP contribution in [0.3, 0.4) is 0 Å². The van der Waals surface area contributed by atoms with Crippen molar-refractivity contribution in [1.29, 1.82) is 0 Å². The van der Waals surface area contributed by atoms with Crippen molar-refractivity contribution >= 4 is 34.4 Å². The summed E-state index contributed by atoms with van der Waals surface area (Å²) in [6.07, 6.45) is 9.17. The molecule has 1 amide bonds. The maximum Gasteiger partial charge on any atom is 0.325 e. The minimum Gasteiger partial charge on any atom is -0.481 e. The van der Waals surface area contributed by atoms with Crippen LogP contribution in [-0.4, -0.2) is 51.0 Å². The molecule has 2 heterocycles. The molecule has 3 atom stereocenters. The molecule has 0 radical (unpaired) electrons. The zero-order chi connectivity index (χ0) is 22.0. The van der Waals surface area contributed by atoms with Gasteiger partial charge >= 0.3 is 11.9 Å². The summed E-state index contributed by atoms with van der Waals surface area (Å²) in [7, 11) is 0. The summed E-state index contributed by atoms with van der Waals surface area (Å²) in [4.78, 5) is 41.6. The summed E-state index contributed by atoms with van der Waals surface area (Å²) in [5.74, 6) is -3.58. The summed E-state index contributed by atoms with van der Waals surface area (Å²) in [5.41, 5.74) is 1.99. The number of nitrogens with one attached hydrogen (secondary N) is 2. The number of benzene rings is 1. The van der Waals surface area contributed by atoms with Crippen LogP contribution in [0.25, 0.3) is 10.9 Å². The number of hydrogen-bond acceptors (Lipinski definition) is 4. The van der Waals surface area contributed by atoms with Gasteiger partial charge in [-0.05, 0) is 57.0 Å². The number of anilines is 1. The third-order valence-corrected chi connectivity index (χ3v) is 6.35. The Kier molecular flexibility index (Phi) is 6.08. The first-order valence-corrected chi connectivity index (χ1v) is 10.7. The van der Waals surface area contributed by atoms with Gasteiger partial charge in [-0.25, -0.2) is 0 Å². The first-order chi connectivity index (χ1) is 15.0. The Balaban J connectivity index is 1.60. The molecule has 1 aromatic heterocycles. The number of aliphatic carboxylic acids is 2. The molecule has 8 heteroatoms. The maximum absolute atomic E-state index is 12.8. The van der Waals surface area contributed by atoms with Gasteiger partial charge in [0.1, 0.15) is 6.04 Å². The van der Waals surface area contributed by atoms with Crippen LogP contribution < -0.4 is 5.32 Å². The number of fused-ring (bicyclic) bond motifs is 1. The second-order valence-electron chi connectivity index (χ2n) is 8.33. The highest BCUT2D eigenvalue weighted by atomic mass is 16.4. The number of likely N-dealkylation sites (tertiary alicyclic amines) is 1. The van der Waals surface area contributed by atoms with Crippen molar-refractivity contribution in [3.05, 3.63) is 42.1 Å². The van der Waals surface area contributed by atoms with Gasteiger partial charge < -0.3 is 20.5 Å². The Morgan fingerprint density at radius 2 is 1.74 bits per heavy atom.